The number of carbonyl (C=O) groups excluding carboxylic acids is 1. The lowest BCUT2D eigenvalue weighted by atomic mass is 10.1. The van der Waals surface area contributed by atoms with Gasteiger partial charge < -0.3 is 5.32 Å². The van der Waals surface area contributed by atoms with Crippen LogP contribution < -0.4 is 5.32 Å². The van der Waals surface area contributed by atoms with E-state index in [2.05, 4.69) is 42.2 Å². The minimum absolute atomic E-state index is 0.00581. The van der Waals surface area contributed by atoms with Gasteiger partial charge in [-0.05, 0) is 53.0 Å². The molecule has 1 aromatic carbocycles. The largest absolute Gasteiger partial charge is 0.349 e. The van der Waals surface area contributed by atoms with Gasteiger partial charge in [0.25, 0.3) is 5.91 Å². The molecule has 2 aromatic rings. The number of rotatable bonds is 4. The summed E-state index contributed by atoms with van der Waals surface area (Å²) < 4.78 is 1.76. The van der Waals surface area contributed by atoms with Crippen LogP contribution >= 0.6 is 43.5 Å². The van der Waals surface area contributed by atoms with E-state index in [1.807, 2.05) is 31.2 Å². The van der Waals surface area contributed by atoms with Gasteiger partial charge in [0, 0.05) is 21.2 Å². The Morgan fingerprint density at radius 2 is 1.95 bits per heavy atom. The number of aromatic nitrogens is 1. The molecule has 0 fully saturated rings. The molecule has 2 rings (SSSR count). The van der Waals surface area contributed by atoms with Gasteiger partial charge in [-0.1, -0.05) is 39.7 Å². The normalized spacial score (nSPS) is 12.0. The summed E-state index contributed by atoms with van der Waals surface area (Å²) in [5.74, 6) is -0.224. The van der Waals surface area contributed by atoms with Crippen LogP contribution in [-0.2, 0) is 6.42 Å². The highest BCUT2D eigenvalue weighted by Crippen LogP contribution is 2.18. The van der Waals surface area contributed by atoms with Gasteiger partial charge in [0.2, 0.25) is 0 Å². The smallest absolute Gasteiger partial charge is 0.254 e. The van der Waals surface area contributed by atoms with Crippen LogP contribution in [-0.4, -0.2) is 16.9 Å². The lowest BCUT2D eigenvalue weighted by Crippen LogP contribution is -2.34. The monoisotopic (exact) mass is 430 g/mol. The third-order valence-electron chi connectivity index (χ3n) is 2.88. The molecule has 110 valence electrons. The number of nitrogens with zero attached hydrogens (tertiary/aromatic N) is 1. The van der Waals surface area contributed by atoms with Crippen LogP contribution in [0.25, 0.3) is 0 Å². The van der Waals surface area contributed by atoms with E-state index in [9.17, 15) is 4.79 Å². The van der Waals surface area contributed by atoms with Crippen molar-refractivity contribution in [1.82, 2.24) is 10.3 Å². The van der Waals surface area contributed by atoms with Crippen LogP contribution in [0.15, 0.2) is 45.5 Å². The van der Waals surface area contributed by atoms with Gasteiger partial charge in [-0.15, -0.1) is 0 Å². The number of halogens is 3. The maximum Gasteiger partial charge on any atom is 0.254 e. The van der Waals surface area contributed by atoms with Crippen LogP contribution in [0.4, 0.5) is 0 Å². The second-order valence-corrected chi connectivity index (χ2v) is 6.89. The predicted octanol–water partition coefficient (Wildman–Crippen LogP) is 4.62. The van der Waals surface area contributed by atoms with Crippen molar-refractivity contribution >= 4 is 49.4 Å². The highest BCUT2D eigenvalue weighted by atomic mass is 79.9. The predicted molar refractivity (Wildman–Crippen MR) is 91.7 cm³/mol. The quantitative estimate of drug-likeness (QED) is 0.717. The Balaban J connectivity index is 2.01. The van der Waals surface area contributed by atoms with Gasteiger partial charge in [0.15, 0.2) is 0 Å². The number of pyridine rings is 1. The zero-order chi connectivity index (χ0) is 15.4. The molecule has 0 aliphatic heterocycles. The third kappa shape index (κ3) is 4.80. The van der Waals surface area contributed by atoms with Crippen molar-refractivity contribution in [3.63, 3.8) is 0 Å². The number of benzene rings is 1. The Morgan fingerprint density at radius 1 is 1.29 bits per heavy atom. The lowest BCUT2D eigenvalue weighted by Gasteiger charge is -2.14. The molecule has 21 heavy (non-hydrogen) atoms. The molecule has 1 atom stereocenters. The standard InChI is InChI=1S/C15H13Br2ClN2O/c1-9(6-10-2-4-11(16)5-3-10)20-15(21)13-7-12(17)8-19-14(13)18/h2-5,7-9H,6H2,1H3,(H,20,21). The van der Waals surface area contributed by atoms with E-state index >= 15 is 0 Å². The highest BCUT2D eigenvalue weighted by molar-refractivity contribution is 9.10. The Morgan fingerprint density at radius 3 is 2.62 bits per heavy atom. The molecule has 6 heteroatoms. The molecular formula is C15H13Br2ClN2O. The molecule has 0 bridgehead atoms. The maximum atomic E-state index is 12.2. The summed E-state index contributed by atoms with van der Waals surface area (Å²) in [5.41, 5.74) is 1.53. The van der Waals surface area contributed by atoms with Crippen LogP contribution in [0.5, 0.6) is 0 Å². The van der Waals surface area contributed by atoms with Gasteiger partial charge in [-0.3, -0.25) is 4.79 Å². The van der Waals surface area contributed by atoms with Gasteiger partial charge >= 0.3 is 0 Å². The van der Waals surface area contributed by atoms with Crippen molar-refractivity contribution in [2.24, 2.45) is 0 Å². The van der Waals surface area contributed by atoms with Crippen LogP contribution in [0.3, 0.4) is 0 Å². The number of nitrogens with one attached hydrogen (secondary N) is 1. The molecule has 0 radical (unpaired) electrons. The lowest BCUT2D eigenvalue weighted by molar-refractivity contribution is 0.0940. The molecule has 1 heterocycles. The first-order chi connectivity index (χ1) is 9.95. The van der Waals surface area contributed by atoms with E-state index in [1.54, 1.807) is 12.3 Å². The SMILES string of the molecule is CC(Cc1ccc(Br)cc1)NC(=O)c1cc(Br)cnc1Cl. The molecule has 0 aliphatic rings. The first-order valence-electron chi connectivity index (χ1n) is 6.32. The molecule has 0 saturated heterocycles. The van der Waals surface area contributed by atoms with Crippen molar-refractivity contribution < 1.29 is 4.79 Å². The highest BCUT2D eigenvalue weighted by Gasteiger charge is 2.14. The van der Waals surface area contributed by atoms with Gasteiger partial charge in [0.1, 0.15) is 5.15 Å². The Kier molecular flexibility index (Phi) is 5.79. The minimum atomic E-state index is -0.224. The molecule has 0 aliphatic carbocycles. The van der Waals surface area contributed by atoms with Crippen LogP contribution in [0.1, 0.15) is 22.8 Å². The first kappa shape index (κ1) is 16.5. The fourth-order valence-electron chi connectivity index (χ4n) is 1.91. The summed E-state index contributed by atoms with van der Waals surface area (Å²) in [6, 6.07) is 9.68. The van der Waals surface area contributed by atoms with E-state index in [4.69, 9.17) is 11.6 Å². The zero-order valence-electron chi connectivity index (χ0n) is 11.2. The molecule has 1 unspecified atom stereocenters. The van der Waals surface area contributed by atoms with Crippen molar-refractivity contribution in [3.05, 3.63) is 61.8 Å². The fraction of sp³-hybridized carbons (Fsp3) is 0.200. The Hall–Kier alpha value is -0.910. The van der Waals surface area contributed by atoms with E-state index in [0.717, 1.165) is 20.9 Å². The number of carbonyl (C=O) groups is 1. The van der Waals surface area contributed by atoms with E-state index in [-0.39, 0.29) is 17.1 Å². The molecule has 1 aromatic heterocycles. The number of hydrogen-bond donors (Lipinski definition) is 1. The Bertz CT molecular complexity index is 647. The number of amides is 1. The summed E-state index contributed by atoms with van der Waals surface area (Å²) in [7, 11) is 0. The van der Waals surface area contributed by atoms with E-state index in [1.165, 1.54) is 0 Å². The van der Waals surface area contributed by atoms with Crippen molar-refractivity contribution in [3.8, 4) is 0 Å². The summed E-state index contributed by atoms with van der Waals surface area (Å²) in [6.45, 7) is 1.96. The summed E-state index contributed by atoms with van der Waals surface area (Å²) in [5, 5.41) is 3.13. The molecule has 0 saturated carbocycles. The maximum absolute atomic E-state index is 12.2. The average Bonchev–Trinajstić information content (AvgIpc) is 2.44. The molecule has 1 amide bonds. The second-order valence-electron chi connectivity index (χ2n) is 4.70. The topological polar surface area (TPSA) is 42.0 Å². The zero-order valence-corrected chi connectivity index (χ0v) is 15.2. The fourth-order valence-corrected chi connectivity index (χ4v) is 2.69. The molecule has 3 nitrogen and oxygen atoms in total. The molecule has 0 spiro atoms. The second kappa shape index (κ2) is 7.38. The van der Waals surface area contributed by atoms with Crippen molar-refractivity contribution in [2.45, 2.75) is 19.4 Å². The summed E-state index contributed by atoms with van der Waals surface area (Å²) >= 11 is 12.6. The van der Waals surface area contributed by atoms with E-state index < -0.39 is 0 Å². The third-order valence-corrected chi connectivity index (χ3v) is 4.15. The average molecular weight is 433 g/mol. The Labute approximate surface area is 145 Å². The van der Waals surface area contributed by atoms with Crippen molar-refractivity contribution in [2.75, 3.05) is 0 Å². The minimum Gasteiger partial charge on any atom is -0.349 e. The molecular weight excluding hydrogens is 419 g/mol. The number of hydrogen-bond acceptors (Lipinski definition) is 2. The van der Waals surface area contributed by atoms with Gasteiger partial charge in [-0.25, -0.2) is 4.98 Å². The molecule has 1 N–H and O–H groups in total. The van der Waals surface area contributed by atoms with Crippen molar-refractivity contribution in [1.29, 1.82) is 0 Å². The van der Waals surface area contributed by atoms with Crippen LogP contribution in [0, 0.1) is 0 Å². The summed E-state index contributed by atoms with van der Waals surface area (Å²) in [6.07, 6.45) is 2.31. The van der Waals surface area contributed by atoms with Crippen LogP contribution in [0.2, 0.25) is 5.15 Å². The van der Waals surface area contributed by atoms with E-state index in [0.29, 0.717) is 5.56 Å². The summed E-state index contributed by atoms with van der Waals surface area (Å²) in [4.78, 5) is 16.2. The van der Waals surface area contributed by atoms with Gasteiger partial charge in [0.05, 0.1) is 5.56 Å². The van der Waals surface area contributed by atoms with Gasteiger partial charge in [-0.2, -0.15) is 0 Å². The first-order valence-corrected chi connectivity index (χ1v) is 8.28.